The molecule has 150 valence electrons. The summed E-state index contributed by atoms with van der Waals surface area (Å²) in [6, 6.07) is 16.1. The average Bonchev–Trinajstić information content (AvgIpc) is 2.99. The highest BCUT2D eigenvalue weighted by Gasteiger charge is 2.34. The van der Waals surface area contributed by atoms with Crippen molar-refractivity contribution in [3.8, 4) is 11.1 Å². The van der Waals surface area contributed by atoms with Crippen molar-refractivity contribution in [2.75, 3.05) is 13.7 Å². The Morgan fingerprint density at radius 3 is 2.14 bits per heavy atom. The second kappa shape index (κ2) is 8.48. The Hall–Kier alpha value is -2.14. The van der Waals surface area contributed by atoms with Gasteiger partial charge in [-0.15, -0.1) is 0 Å². The monoisotopic (exact) mass is 403 g/mol. The van der Waals surface area contributed by atoms with Crippen molar-refractivity contribution < 1.29 is 23.5 Å². The van der Waals surface area contributed by atoms with Crippen molar-refractivity contribution in [2.45, 2.75) is 32.0 Å². The van der Waals surface area contributed by atoms with Crippen molar-refractivity contribution >= 4 is 13.7 Å². The molecule has 0 radical (unpaired) electrons. The molecule has 3 rings (SSSR count). The van der Waals surface area contributed by atoms with Crippen LogP contribution in [0, 0.1) is 5.92 Å². The lowest BCUT2D eigenvalue weighted by molar-refractivity contribution is 0.139. The highest BCUT2D eigenvalue weighted by molar-refractivity contribution is 7.53. The molecule has 2 N–H and O–H groups in total. The van der Waals surface area contributed by atoms with Gasteiger partial charge in [0.25, 0.3) is 0 Å². The number of hydrogen-bond donors (Lipinski definition) is 2. The lowest BCUT2D eigenvalue weighted by Gasteiger charge is -2.24. The summed E-state index contributed by atoms with van der Waals surface area (Å²) < 4.78 is 22.4. The number of nitrogens with one attached hydrogen (secondary N) is 1. The van der Waals surface area contributed by atoms with Gasteiger partial charge in [0.2, 0.25) is 0 Å². The lowest BCUT2D eigenvalue weighted by atomic mass is 9.98. The zero-order chi connectivity index (χ0) is 20.3. The largest absolute Gasteiger partial charge is 0.449 e. The van der Waals surface area contributed by atoms with Crippen LogP contribution in [-0.4, -0.2) is 30.5 Å². The van der Waals surface area contributed by atoms with Gasteiger partial charge in [-0.3, -0.25) is 4.57 Å². The molecule has 2 unspecified atom stereocenters. The smallest absolute Gasteiger partial charge is 0.407 e. The van der Waals surface area contributed by atoms with Crippen LogP contribution in [0.5, 0.6) is 0 Å². The molecular weight excluding hydrogens is 377 g/mol. The van der Waals surface area contributed by atoms with Crippen LogP contribution < -0.4 is 5.32 Å². The van der Waals surface area contributed by atoms with Crippen LogP contribution in [0.1, 0.15) is 37.3 Å². The average molecular weight is 403 g/mol. The van der Waals surface area contributed by atoms with Gasteiger partial charge in [0.05, 0.1) is 0 Å². The second-order valence-corrected chi connectivity index (χ2v) is 9.48. The van der Waals surface area contributed by atoms with Gasteiger partial charge >= 0.3 is 13.7 Å². The number of carbonyl (C=O) groups is 1. The van der Waals surface area contributed by atoms with E-state index in [0.29, 0.717) is 6.42 Å². The minimum absolute atomic E-state index is 0.0648. The van der Waals surface area contributed by atoms with Gasteiger partial charge in [0.1, 0.15) is 12.4 Å². The van der Waals surface area contributed by atoms with Crippen LogP contribution in [0.3, 0.4) is 0 Å². The molecule has 0 aliphatic heterocycles. The summed E-state index contributed by atoms with van der Waals surface area (Å²) in [4.78, 5) is 22.3. The van der Waals surface area contributed by atoms with Gasteiger partial charge in [-0.25, -0.2) is 4.79 Å². The number of alkyl carbamates (subject to hydrolysis) is 1. The Balaban J connectivity index is 1.71. The van der Waals surface area contributed by atoms with Crippen LogP contribution in [0.4, 0.5) is 4.79 Å². The van der Waals surface area contributed by atoms with Crippen molar-refractivity contribution in [3.63, 3.8) is 0 Å². The third-order valence-electron chi connectivity index (χ3n) is 4.98. The molecule has 0 fully saturated rings. The molecule has 7 heteroatoms. The number of hydrogen-bond acceptors (Lipinski definition) is 4. The minimum Gasteiger partial charge on any atom is -0.449 e. The van der Waals surface area contributed by atoms with E-state index in [9.17, 15) is 14.3 Å². The Morgan fingerprint density at radius 2 is 1.64 bits per heavy atom. The highest BCUT2D eigenvalue weighted by atomic mass is 31.2. The number of rotatable bonds is 7. The van der Waals surface area contributed by atoms with E-state index in [1.165, 1.54) is 0 Å². The predicted molar refractivity (Wildman–Crippen MR) is 108 cm³/mol. The maximum atomic E-state index is 12.4. The first kappa shape index (κ1) is 20.6. The number of amides is 1. The Labute approximate surface area is 165 Å². The van der Waals surface area contributed by atoms with Crippen molar-refractivity contribution in [1.82, 2.24) is 5.32 Å². The number of carbonyl (C=O) groups excluding carboxylic acids is 1. The number of fused-ring (bicyclic) bond motifs is 3. The molecular formula is C21H26NO5P. The van der Waals surface area contributed by atoms with Crippen LogP contribution in [0.15, 0.2) is 48.5 Å². The summed E-state index contributed by atoms with van der Waals surface area (Å²) in [5.74, 6) is -0.965. The minimum atomic E-state index is -3.96. The molecule has 28 heavy (non-hydrogen) atoms. The molecule has 6 nitrogen and oxygen atoms in total. The molecule has 2 aromatic carbocycles. The first-order chi connectivity index (χ1) is 13.3. The van der Waals surface area contributed by atoms with E-state index < -0.39 is 19.5 Å². The fourth-order valence-corrected chi connectivity index (χ4v) is 4.83. The molecule has 0 saturated carbocycles. The summed E-state index contributed by atoms with van der Waals surface area (Å²) in [6.07, 6.45) is -0.412. The SMILES string of the molecule is COP(=O)(O)C(CC(C)C)NC(=O)OCC1c2ccccc2-c2ccccc21. The highest BCUT2D eigenvalue weighted by Crippen LogP contribution is 2.48. The standard InChI is InChI=1S/C21H26NO5P/c1-14(2)12-20(28(24,25)26-3)22-21(23)27-13-19-17-10-6-4-8-15(17)16-9-5-7-11-18(16)19/h4-11,14,19-20H,12-13H2,1-3H3,(H,22,23)(H,24,25). The zero-order valence-corrected chi connectivity index (χ0v) is 17.2. The Morgan fingerprint density at radius 1 is 1.11 bits per heavy atom. The molecule has 1 aliphatic rings. The van der Waals surface area contributed by atoms with Gasteiger partial charge in [-0.05, 0) is 34.6 Å². The zero-order valence-electron chi connectivity index (χ0n) is 16.3. The predicted octanol–water partition coefficient (Wildman–Crippen LogP) is 4.73. The van der Waals surface area contributed by atoms with E-state index >= 15 is 0 Å². The maximum absolute atomic E-state index is 12.4. The van der Waals surface area contributed by atoms with Gasteiger partial charge in [0.15, 0.2) is 0 Å². The van der Waals surface area contributed by atoms with E-state index in [1.54, 1.807) is 0 Å². The molecule has 0 bridgehead atoms. The fraction of sp³-hybridized carbons (Fsp3) is 0.381. The normalized spacial score (nSPS) is 16.2. The van der Waals surface area contributed by atoms with Crippen molar-refractivity contribution in [2.24, 2.45) is 5.92 Å². The first-order valence-electron chi connectivity index (χ1n) is 9.33. The summed E-state index contributed by atoms with van der Waals surface area (Å²) in [7, 11) is -2.80. The lowest BCUT2D eigenvalue weighted by Crippen LogP contribution is -2.37. The quantitative estimate of drug-likeness (QED) is 0.653. The van der Waals surface area contributed by atoms with Crippen LogP contribution in [0.25, 0.3) is 11.1 Å². The maximum Gasteiger partial charge on any atom is 0.407 e. The molecule has 0 aromatic heterocycles. The van der Waals surface area contributed by atoms with E-state index in [0.717, 1.165) is 29.4 Å². The van der Waals surface area contributed by atoms with Crippen LogP contribution >= 0.6 is 7.60 Å². The third kappa shape index (κ3) is 4.30. The van der Waals surface area contributed by atoms with Gasteiger partial charge in [0, 0.05) is 13.0 Å². The topological polar surface area (TPSA) is 84.9 Å². The van der Waals surface area contributed by atoms with Gasteiger partial charge in [-0.2, -0.15) is 0 Å². The summed E-state index contributed by atoms with van der Waals surface area (Å²) >= 11 is 0. The van der Waals surface area contributed by atoms with E-state index in [-0.39, 0.29) is 18.4 Å². The van der Waals surface area contributed by atoms with Gasteiger partial charge < -0.3 is 19.5 Å². The Bertz CT molecular complexity index is 852. The third-order valence-corrected chi connectivity index (χ3v) is 6.63. The molecule has 0 saturated heterocycles. The molecule has 1 aliphatic carbocycles. The van der Waals surface area contributed by atoms with E-state index in [4.69, 9.17) is 9.26 Å². The molecule has 0 spiro atoms. The van der Waals surface area contributed by atoms with E-state index in [2.05, 4.69) is 17.4 Å². The second-order valence-electron chi connectivity index (χ2n) is 7.36. The van der Waals surface area contributed by atoms with Crippen LogP contribution in [0.2, 0.25) is 0 Å². The van der Waals surface area contributed by atoms with Gasteiger partial charge in [-0.1, -0.05) is 62.4 Å². The molecule has 0 heterocycles. The summed E-state index contributed by atoms with van der Waals surface area (Å²) in [5, 5.41) is 2.51. The van der Waals surface area contributed by atoms with E-state index in [1.807, 2.05) is 50.2 Å². The van der Waals surface area contributed by atoms with Crippen molar-refractivity contribution in [3.05, 3.63) is 59.7 Å². The number of benzene rings is 2. The molecule has 2 aromatic rings. The number of ether oxygens (including phenoxy) is 1. The molecule has 2 atom stereocenters. The summed E-state index contributed by atoms with van der Waals surface area (Å²) in [6.45, 7) is 3.96. The van der Waals surface area contributed by atoms with Crippen LogP contribution in [-0.2, 0) is 13.8 Å². The first-order valence-corrected chi connectivity index (χ1v) is 11.0. The summed E-state index contributed by atoms with van der Waals surface area (Å²) in [5.41, 5.74) is 4.51. The Kier molecular flexibility index (Phi) is 6.23. The molecule has 1 amide bonds. The van der Waals surface area contributed by atoms with Crippen molar-refractivity contribution in [1.29, 1.82) is 0 Å². The fourth-order valence-electron chi connectivity index (χ4n) is 3.62.